The molecule has 7 nitrogen and oxygen atoms in total. The zero-order chi connectivity index (χ0) is 18.8. The van der Waals surface area contributed by atoms with Gasteiger partial charge in [0.25, 0.3) is 0 Å². The van der Waals surface area contributed by atoms with Gasteiger partial charge < -0.3 is 26.2 Å². The molecule has 26 heavy (non-hydrogen) atoms. The van der Waals surface area contributed by atoms with E-state index >= 15 is 0 Å². The highest BCUT2D eigenvalue weighted by molar-refractivity contribution is 5.94. The number of carbonyl (C=O) groups excluding carboxylic acids is 1. The molecule has 2 aromatic rings. The number of anilines is 3. The van der Waals surface area contributed by atoms with Gasteiger partial charge in [0.05, 0.1) is 6.42 Å². The van der Waals surface area contributed by atoms with Crippen molar-refractivity contribution < 1.29 is 19.8 Å². The lowest BCUT2D eigenvalue weighted by molar-refractivity contribution is -0.141. The van der Waals surface area contributed by atoms with Crippen LogP contribution in [-0.2, 0) is 9.59 Å². The fraction of sp³-hybridized carbons (Fsp3) is 0.263. The van der Waals surface area contributed by atoms with E-state index in [1.165, 1.54) is 0 Å². The minimum absolute atomic E-state index is 0.0328. The molecule has 1 amide bonds. The molecule has 0 heterocycles. The summed E-state index contributed by atoms with van der Waals surface area (Å²) in [5.74, 6) is -1.49. The van der Waals surface area contributed by atoms with Crippen molar-refractivity contribution in [3.63, 3.8) is 0 Å². The zero-order valence-electron chi connectivity index (χ0n) is 14.3. The summed E-state index contributed by atoms with van der Waals surface area (Å²) >= 11 is 0. The molecule has 5 N–H and O–H groups in total. The van der Waals surface area contributed by atoms with E-state index in [1.54, 1.807) is 12.1 Å². The number of amides is 1. The Morgan fingerprint density at radius 1 is 0.923 bits per heavy atom. The summed E-state index contributed by atoms with van der Waals surface area (Å²) in [7, 11) is 0. The SMILES string of the molecule is O=C(CC(NCCCO)C(=O)O)Nc1ccc(Nc2ccccc2)cc1. The Balaban J connectivity index is 1.87. The zero-order valence-corrected chi connectivity index (χ0v) is 14.3. The number of aliphatic carboxylic acids is 1. The fourth-order valence-electron chi connectivity index (χ4n) is 2.32. The number of carbonyl (C=O) groups is 2. The van der Waals surface area contributed by atoms with Gasteiger partial charge in [-0.2, -0.15) is 0 Å². The van der Waals surface area contributed by atoms with Gasteiger partial charge in [-0.25, -0.2) is 0 Å². The average molecular weight is 357 g/mol. The molecule has 0 bridgehead atoms. The number of hydrogen-bond donors (Lipinski definition) is 5. The van der Waals surface area contributed by atoms with Crippen LogP contribution in [0, 0.1) is 0 Å². The van der Waals surface area contributed by atoms with Crippen LogP contribution >= 0.6 is 0 Å². The Labute approximate surface area is 152 Å². The molecule has 0 aliphatic carbocycles. The molecular formula is C19H23N3O4. The highest BCUT2D eigenvalue weighted by atomic mass is 16.4. The van der Waals surface area contributed by atoms with Gasteiger partial charge >= 0.3 is 5.97 Å². The van der Waals surface area contributed by atoms with Crippen molar-refractivity contribution >= 4 is 28.9 Å². The number of carboxylic acid groups (broad SMARTS) is 1. The molecule has 0 radical (unpaired) electrons. The summed E-state index contributed by atoms with van der Waals surface area (Å²) in [5, 5.41) is 26.6. The first-order chi connectivity index (χ1) is 12.6. The molecule has 1 unspecified atom stereocenters. The maximum absolute atomic E-state index is 12.1. The predicted molar refractivity (Wildman–Crippen MR) is 101 cm³/mol. The van der Waals surface area contributed by atoms with Crippen molar-refractivity contribution in [1.29, 1.82) is 0 Å². The summed E-state index contributed by atoms with van der Waals surface area (Å²) in [5.41, 5.74) is 2.43. The van der Waals surface area contributed by atoms with Gasteiger partial charge in [-0.1, -0.05) is 18.2 Å². The van der Waals surface area contributed by atoms with E-state index in [1.807, 2.05) is 42.5 Å². The van der Waals surface area contributed by atoms with Crippen LogP contribution in [0.4, 0.5) is 17.1 Å². The quantitative estimate of drug-likeness (QED) is 0.417. The molecule has 0 saturated heterocycles. The van der Waals surface area contributed by atoms with Gasteiger partial charge in [0.1, 0.15) is 6.04 Å². The van der Waals surface area contributed by atoms with Gasteiger partial charge in [0.15, 0.2) is 0 Å². The van der Waals surface area contributed by atoms with E-state index in [2.05, 4.69) is 16.0 Å². The maximum Gasteiger partial charge on any atom is 0.321 e. The lowest BCUT2D eigenvalue weighted by Crippen LogP contribution is -2.40. The summed E-state index contributed by atoms with van der Waals surface area (Å²) < 4.78 is 0. The summed E-state index contributed by atoms with van der Waals surface area (Å²) in [4.78, 5) is 23.2. The second-order valence-corrected chi connectivity index (χ2v) is 5.74. The molecule has 2 rings (SSSR count). The first kappa shape index (κ1) is 19.4. The fourth-order valence-corrected chi connectivity index (χ4v) is 2.32. The molecule has 2 aromatic carbocycles. The summed E-state index contributed by atoms with van der Waals surface area (Å²) in [6.45, 7) is 0.301. The highest BCUT2D eigenvalue weighted by Crippen LogP contribution is 2.18. The molecule has 138 valence electrons. The predicted octanol–water partition coefficient (Wildman–Crippen LogP) is 2.18. The van der Waals surface area contributed by atoms with Crippen LogP contribution in [-0.4, -0.2) is 41.3 Å². The third-order valence-corrected chi connectivity index (χ3v) is 3.64. The van der Waals surface area contributed by atoms with Crippen LogP contribution in [0.25, 0.3) is 0 Å². The first-order valence-electron chi connectivity index (χ1n) is 8.37. The van der Waals surface area contributed by atoms with Crippen molar-refractivity contribution in [3.05, 3.63) is 54.6 Å². The third kappa shape index (κ3) is 6.54. The van der Waals surface area contributed by atoms with Gasteiger partial charge in [0.2, 0.25) is 5.91 Å². The smallest absolute Gasteiger partial charge is 0.321 e. The number of rotatable bonds is 10. The Bertz CT molecular complexity index is 704. The molecule has 0 aliphatic heterocycles. The Morgan fingerprint density at radius 3 is 2.15 bits per heavy atom. The molecule has 0 saturated carbocycles. The minimum atomic E-state index is -1.10. The minimum Gasteiger partial charge on any atom is -0.480 e. The first-order valence-corrected chi connectivity index (χ1v) is 8.37. The van der Waals surface area contributed by atoms with E-state index in [-0.39, 0.29) is 13.0 Å². The van der Waals surface area contributed by atoms with Crippen LogP contribution < -0.4 is 16.0 Å². The number of aliphatic hydroxyl groups is 1. The molecule has 0 aliphatic rings. The number of para-hydroxylation sites is 1. The molecule has 1 atom stereocenters. The maximum atomic E-state index is 12.1. The highest BCUT2D eigenvalue weighted by Gasteiger charge is 2.20. The summed E-state index contributed by atoms with van der Waals surface area (Å²) in [6, 6.07) is 15.9. The largest absolute Gasteiger partial charge is 0.480 e. The Hall–Kier alpha value is -2.90. The van der Waals surface area contributed by atoms with Crippen molar-refractivity contribution in [2.45, 2.75) is 18.9 Å². The monoisotopic (exact) mass is 357 g/mol. The Kier molecular flexibility index (Phi) is 7.60. The number of hydrogen-bond acceptors (Lipinski definition) is 5. The number of carboxylic acids is 1. The molecule has 0 spiro atoms. The second-order valence-electron chi connectivity index (χ2n) is 5.74. The number of aliphatic hydroxyl groups excluding tert-OH is 1. The van der Waals surface area contributed by atoms with E-state index in [0.29, 0.717) is 18.7 Å². The summed E-state index contributed by atoms with van der Waals surface area (Å²) in [6.07, 6.45) is 0.242. The van der Waals surface area contributed by atoms with Crippen molar-refractivity contribution in [2.75, 3.05) is 23.8 Å². The Morgan fingerprint density at radius 2 is 1.54 bits per heavy atom. The van der Waals surface area contributed by atoms with Crippen LogP contribution in [0.2, 0.25) is 0 Å². The van der Waals surface area contributed by atoms with E-state index < -0.39 is 17.9 Å². The van der Waals surface area contributed by atoms with Crippen LogP contribution in [0.3, 0.4) is 0 Å². The van der Waals surface area contributed by atoms with Crippen LogP contribution in [0.1, 0.15) is 12.8 Å². The molecule has 0 fully saturated rings. The van der Waals surface area contributed by atoms with Gasteiger partial charge in [-0.3, -0.25) is 9.59 Å². The van der Waals surface area contributed by atoms with Gasteiger partial charge in [-0.05, 0) is 49.4 Å². The normalized spacial score (nSPS) is 11.6. The average Bonchev–Trinajstić information content (AvgIpc) is 2.63. The second kappa shape index (κ2) is 10.2. The van der Waals surface area contributed by atoms with Gasteiger partial charge in [0, 0.05) is 23.7 Å². The molecule has 7 heteroatoms. The van der Waals surface area contributed by atoms with Crippen molar-refractivity contribution in [2.24, 2.45) is 0 Å². The van der Waals surface area contributed by atoms with Crippen LogP contribution in [0.15, 0.2) is 54.6 Å². The lowest BCUT2D eigenvalue weighted by atomic mass is 10.2. The van der Waals surface area contributed by atoms with E-state index in [4.69, 9.17) is 10.2 Å². The van der Waals surface area contributed by atoms with Crippen LogP contribution in [0.5, 0.6) is 0 Å². The topological polar surface area (TPSA) is 111 Å². The van der Waals surface area contributed by atoms with Crippen molar-refractivity contribution in [3.8, 4) is 0 Å². The standard InChI is InChI=1S/C19H23N3O4/c23-12-4-11-20-17(19(25)26)13-18(24)22-16-9-7-15(8-10-16)21-14-5-2-1-3-6-14/h1-3,5-10,17,20-21,23H,4,11-13H2,(H,22,24)(H,25,26). The van der Waals surface area contributed by atoms with E-state index in [9.17, 15) is 9.59 Å². The molecule has 0 aromatic heterocycles. The number of benzene rings is 2. The number of nitrogens with one attached hydrogen (secondary N) is 3. The van der Waals surface area contributed by atoms with E-state index in [0.717, 1.165) is 11.4 Å². The van der Waals surface area contributed by atoms with Crippen molar-refractivity contribution in [1.82, 2.24) is 5.32 Å². The molecular weight excluding hydrogens is 334 g/mol. The van der Waals surface area contributed by atoms with Gasteiger partial charge in [-0.15, -0.1) is 0 Å². The lowest BCUT2D eigenvalue weighted by Gasteiger charge is -2.14. The third-order valence-electron chi connectivity index (χ3n) is 3.64.